The van der Waals surface area contributed by atoms with E-state index in [2.05, 4.69) is 15.9 Å². The van der Waals surface area contributed by atoms with Crippen molar-refractivity contribution in [2.24, 2.45) is 0 Å². The van der Waals surface area contributed by atoms with Gasteiger partial charge >= 0.3 is 0 Å². The average Bonchev–Trinajstić information content (AvgIpc) is 2.37. The standard InChI is InChI=1S/C14H13BrO3S/c1-18-13-8-7-10(9-12(13)15)11-5-3-4-6-14(11)19(2,16)17/h3-9H,1-2H3. The average molecular weight is 341 g/mol. The van der Waals surface area contributed by atoms with Gasteiger partial charge in [0, 0.05) is 11.8 Å². The van der Waals surface area contributed by atoms with Crippen LogP contribution in [0.15, 0.2) is 51.8 Å². The summed E-state index contributed by atoms with van der Waals surface area (Å²) in [6.07, 6.45) is 1.21. The SMILES string of the molecule is COc1ccc(-c2ccccc2S(C)(=O)=O)cc1Br. The van der Waals surface area contributed by atoms with Crippen molar-refractivity contribution in [3.05, 3.63) is 46.9 Å². The molecule has 0 fully saturated rings. The molecule has 0 saturated heterocycles. The molecule has 0 aliphatic carbocycles. The van der Waals surface area contributed by atoms with Crippen LogP contribution in [0.3, 0.4) is 0 Å². The molecule has 19 heavy (non-hydrogen) atoms. The Morgan fingerprint density at radius 3 is 2.37 bits per heavy atom. The van der Waals surface area contributed by atoms with E-state index in [4.69, 9.17) is 4.74 Å². The topological polar surface area (TPSA) is 43.4 Å². The van der Waals surface area contributed by atoms with Crippen LogP contribution in [-0.2, 0) is 9.84 Å². The number of hydrogen-bond acceptors (Lipinski definition) is 3. The maximum atomic E-state index is 11.8. The van der Waals surface area contributed by atoms with E-state index in [0.29, 0.717) is 16.2 Å². The Labute approximate surface area is 121 Å². The van der Waals surface area contributed by atoms with Gasteiger partial charge in [-0.2, -0.15) is 0 Å². The van der Waals surface area contributed by atoms with Crippen molar-refractivity contribution in [2.75, 3.05) is 13.4 Å². The second kappa shape index (κ2) is 5.35. The number of hydrogen-bond donors (Lipinski definition) is 0. The van der Waals surface area contributed by atoms with Gasteiger partial charge in [0.2, 0.25) is 0 Å². The Balaban J connectivity index is 2.63. The van der Waals surface area contributed by atoms with Crippen molar-refractivity contribution < 1.29 is 13.2 Å². The number of sulfone groups is 1. The van der Waals surface area contributed by atoms with E-state index in [1.165, 1.54) is 6.26 Å². The van der Waals surface area contributed by atoms with Crippen LogP contribution < -0.4 is 4.74 Å². The summed E-state index contributed by atoms with van der Waals surface area (Å²) in [5.41, 5.74) is 1.52. The molecule has 2 aromatic carbocycles. The minimum Gasteiger partial charge on any atom is -0.496 e. The Morgan fingerprint density at radius 2 is 1.79 bits per heavy atom. The molecule has 0 saturated carbocycles. The third-order valence-electron chi connectivity index (χ3n) is 2.75. The Hall–Kier alpha value is -1.33. The minimum absolute atomic E-state index is 0.326. The third-order valence-corrected chi connectivity index (χ3v) is 4.52. The molecule has 2 aromatic rings. The first kappa shape index (κ1) is 14.1. The molecule has 0 aromatic heterocycles. The molecule has 0 aliphatic rings. The smallest absolute Gasteiger partial charge is 0.176 e. The first-order valence-corrected chi connectivity index (χ1v) is 8.25. The highest BCUT2D eigenvalue weighted by Gasteiger charge is 2.14. The van der Waals surface area contributed by atoms with E-state index in [-0.39, 0.29) is 0 Å². The molecule has 5 heteroatoms. The van der Waals surface area contributed by atoms with Crippen molar-refractivity contribution in [3.8, 4) is 16.9 Å². The molecule has 0 bridgehead atoms. The summed E-state index contributed by atoms with van der Waals surface area (Å²) in [6.45, 7) is 0. The van der Waals surface area contributed by atoms with Gasteiger partial charge in [-0.05, 0) is 39.7 Å². The lowest BCUT2D eigenvalue weighted by Crippen LogP contribution is -1.99. The lowest BCUT2D eigenvalue weighted by atomic mass is 10.1. The van der Waals surface area contributed by atoms with Crippen molar-refractivity contribution in [1.29, 1.82) is 0 Å². The lowest BCUT2D eigenvalue weighted by molar-refractivity contribution is 0.412. The van der Waals surface area contributed by atoms with Gasteiger partial charge in [-0.25, -0.2) is 8.42 Å². The van der Waals surface area contributed by atoms with Crippen LogP contribution in [0.1, 0.15) is 0 Å². The molecule has 0 unspecified atom stereocenters. The van der Waals surface area contributed by atoms with Crippen LogP contribution in [0.5, 0.6) is 5.75 Å². The van der Waals surface area contributed by atoms with Gasteiger partial charge < -0.3 is 4.74 Å². The van der Waals surface area contributed by atoms with E-state index in [1.54, 1.807) is 31.4 Å². The van der Waals surface area contributed by atoms with E-state index < -0.39 is 9.84 Å². The molecule has 2 rings (SSSR count). The molecular weight excluding hydrogens is 328 g/mol. The first-order valence-electron chi connectivity index (χ1n) is 5.56. The highest BCUT2D eigenvalue weighted by Crippen LogP contribution is 2.33. The number of ether oxygens (including phenoxy) is 1. The van der Waals surface area contributed by atoms with Crippen molar-refractivity contribution in [3.63, 3.8) is 0 Å². The summed E-state index contributed by atoms with van der Waals surface area (Å²) >= 11 is 3.41. The third kappa shape index (κ3) is 2.98. The zero-order valence-corrected chi connectivity index (χ0v) is 13.0. The second-order valence-electron chi connectivity index (χ2n) is 4.12. The fourth-order valence-corrected chi connectivity index (χ4v) is 3.31. The van der Waals surface area contributed by atoms with Crippen LogP contribution in [0, 0.1) is 0 Å². The van der Waals surface area contributed by atoms with Gasteiger partial charge in [0.05, 0.1) is 16.5 Å². The van der Waals surface area contributed by atoms with E-state index in [9.17, 15) is 8.42 Å². The number of halogens is 1. The molecule has 3 nitrogen and oxygen atoms in total. The highest BCUT2D eigenvalue weighted by molar-refractivity contribution is 9.10. The predicted octanol–water partition coefficient (Wildman–Crippen LogP) is 3.53. The molecule has 100 valence electrons. The van der Waals surface area contributed by atoms with Gasteiger partial charge in [-0.1, -0.05) is 24.3 Å². The fraction of sp³-hybridized carbons (Fsp3) is 0.143. The Bertz CT molecular complexity index is 708. The van der Waals surface area contributed by atoms with Crippen LogP contribution in [0.25, 0.3) is 11.1 Å². The molecule has 0 N–H and O–H groups in total. The van der Waals surface area contributed by atoms with Gasteiger partial charge in [-0.15, -0.1) is 0 Å². The van der Waals surface area contributed by atoms with Gasteiger partial charge in [0.15, 0.2) is 9.84 Å². The Morgan fingerprint density at radius 1 is 1.11 bits per heavy atom. The summed E-state index contributed by atoms with van der Waals surface area (Å²) in [5, 5.41) is 0. The number of benzene rings is 2. The first-order chi connectivity index (χ1) is 8.93. The summed E-state index contributed by atoms with van der Waals surface area (Å²) in [7, 11) is -1.67. The van der Waals surface area contributed by atoms with Crippen LogP contribution in [0.4, 0.5) is 0 Å². The van der Waals surface area contributed by atoms with E-state index in [0.717, 1.165) is 10.0 Å². The molecule has 0 heterocycles. The van der Waals surface area contributed by atoms with Crippen LogP contribution in [-0.4, -0.2) is 21.8 Å². The Kier molecular flexibility index (Phi) is 3.96. The minimum atomic E-state index is -3.26. The zero-order chi connectivity index (χ0) is 14.0. The van der Waals surface area contributed by atoms with Crippen LogP contribution >= 0.6 is 15.9 Å². The zero-order valence-electron chi connectivity index (χ0n) is 10.6. The predicted molar refractivity (Wildman–Crippen MR) is 79.2 cm³/mol. The van der Waals surface area contributed by atoms with Crippen molar-refractivity contribution in [2.45, 2.75) is 4.90 Å². The van der Waals surface area contributed by atoms with Crippen molar-refractivity contribution in [1.82, 2.24) is 0 Å². The molecule has 0 radical (unpaired) electrons. The van der Waals surface area contributed by atoms with Crippen LogP contribution in [0.2, 0.25) is 0 Å². The quantitative estimate of drug-likeness (QED) is 0.858. The second-order valence-corrected chi connectivity index (χ2v) is 6.96. The molecule has 0 atom stereocenters. The maximum Gasteiger partial charge on any atom is 0.176 e. The summed E-state index contributed by atoms with van der Waals surface area (Å²) < 4.78 is 29.6. The van der Waals surface area contributed by atoms with Crippen molar-refractivity contribution >= 4 is 25.8 Å². The fourth-order valence-electron chi connectivity index (χ4n) is 1.86. The van der Waals surface area contributed by atoms with Gasteiger partial charge in [0.1, 0.15) is 5.75 Å². The molecular formula is C14H13BrO3S. The maximum absolute atomic E-state index is 11.8. The molecule has 0 aliphatic heterocycles. The normalized spacial score (nSPS) is 11.3. The summed E-state index contributed by atoms with van der Waals surface area (Å²) in [6, 6.07) is 12.4. The lowest BCUT2D eigenvalue weighted by Gasteiger charge is -2.10. The monoisotopic (exact) mass is 340 g/mol. The largest absolute Gasteiger partial charge is 0.496 e. The van der Waals surface area contributed by atoms with Gasteiger partial charge in [-0.3, -0.25) is 0 Å². The highest BCUT2D eigenvalue weighted by atomic mass is 79.9. The van der Waals surface area contributed by atoms with E-state index >= 15 is 0 Å². The molecule has 0 amide bonds. The van der Waals surface area contributed by atoms with Gasteiger partial charge in [0.25, 0.3) is 0 Å². The van der Waals surface area contributed by atoms with E-state index in [1.807, 2.05) is 18.2 Å². The number of methoxy groups -OCH3 is 1. The summed E-state index contributed by atoms with van der Waals surface area (Å²) in [5.74, 6) is 0.709. The summed E-state index contributed by atoms with van der Waals surface area (Å²) in [4.78, 5) is 0.326. The molecule has 0 spiro atoms. The number of rotatable bonds is 3.